The molecule has 84 valence electrons. The van der Waals surface area contributed by atoms with Crippen molar-refractivity contribution < 1.29 is 14.3 Å². The van der Waals surface area contributed by atoms with E-state index >= 15 is 0 Å². The van der Waals surface area contributed by atoms with E-state index in [0.29, 0.717) is 19.7 Å². The molecule has 0 aromatic heterocycles. The van der Waals surface area contributed by atoms with Gasteiger partial charge < -0.3 is 9.47 Å². The van der Waals surface area contributed by atoms with Crippen LogP contribution >= 0.6 is 15.9 Å². The summed E-state index contributed by atoms with van der Waals surface area (Å²) >= 11 is 3.24. The predicted molar refractivity (Wildman–Crippen MR) is 56.5 cm³/mol. The van der Waals surface area contributed by atoms with Crippen LogP contribution in [0.2, 0.25) is 0 Å². The lowest BCUT2D eigenvalue weighted by Crippen LogP contribution is -2.45. The highest BCUT2D eigenvalue weighted by Crippen LogP contribution is 2.09. The zero-order valence-electron chi connectivity index (χ0n) is 8.48. The molecule has 2 unspecified atom stereocenters. The summed E-state index contributed by atoms with van der Waals surface area (Å²) in [4.78, 5) is 12.8. The first-order chi connectivity index (χ1) is 7.17. The van der Waals surface area contributed by atoms with Crippen LogP contribution in [0.1, 0.15) is 0 Å². The predicted octanol–water partition coefficient (Wildman–Crippen LogP) is 0.147. The highest BCUT2D eigenvalue weighted by molar-refractivity contribution is 9.10. The minimum absolute atomic E-state index is 0.296. The zero-order chi connectivity index (χ0) is 11.3. The molecule has 1 fully saturated rings. The molecule has 1 saturated heterocycles. The topological polar surface area (TPSA) is 62.6 Å². The number of morpholine rings is 1. The molecule has 5 nitrogen and oxygen atoms in total. The van der Waals surface area contributed by atoms with Crippen molar-refractivity contribution in [2.45, 2.75) is 10.9 Å². The molecule has 0 aliphatic carbocycles. The van der Waals surface area contributed by atoms with E-state index in [4.69, 9.17) is 10.00 Å². The fourth-order valence-corrected chi connectivity index (χ4v) is 1.97. The van der Waals surface area contributed by atoms with Gasteiger partial charge in [0, 0.05) is 19.6 Å². The number of carbonyl (C=O) groups excluding carboxylic acids is 1. The fourth-order valence-electron chi connectivity index (χ4n) is 1.38. The van der Waals surface area contributed by atoms with E-state index in [9.17, 15) is 4.79 Å². The molecule has 15 heavy (non-hydrogen) atoms. The van der Waals surface area contributed by atoms with Gasteiger partial charge in [0.25, 0.3) is 0 Å². The van der Waals surface area contributed by atoms with Crippen molar-refractivity contribution in [2.75, 3.05) is 33.4 Å². The van der Waals surface area contributed by atoms with E-state index < -0.39 is 6.10 Å². The van der Waals surface area contributed by atoms with Crippen molar-refractivity contribution in [3.63, 3.8) is 0 Å². The van der Waals surface area contributed by atoms with Crippen molar-refractivity contribution >= 4 is 21.9 Å². The maximum absolute atomic E-state index is 11.1. The number of esters is 1. The molecule has 0 aromatic rings. The van der Waals surface area contributed by atoms with Gasteiger partial charge in [0.1, 0.15) is 4.83 Å². The molecule has 1 aliphatic heterocycles. The third-order valence-electron chi connectivity index (χ3n) is 2.17. The van der Waals surface area contributed by atoms with Crippen LogP contribution < -0.4 is 0 Å². The first-order valence-electron chi connectivity index (χ1n) is 4.63. The minimum Gasteiger partial charge on any atom is -0.468 e. The number of hydrogen-bond donors (Lipinski definition) is 0. The summed E-state index contributed by atoms with van der Waals surface area (Å²) < 4.78 is 9.79. The number of nitriles is 1. The van der Waals surface area contributed by atoms with Crippen molar-refractivity contribution in [1.29, 1.82) is 5.26 Å². The standard InChI is InChI=1S/C9H13BrN2O3/c1-14-9(13)8(10)6-12-2-3-15-7(4-11)5-12/h7-8H,2-3,5-6H2,1H3. The SMILES string of the molecule is COC(=O)C(Br)CN1CCOC(C#N)C1. The van der Waals surface area contributed by atoms with Crippen LogP contribution in [-0.2, 0) is 14.3 Å². The Bertz CT molecular complexity index is 267. The summed E-state index contributed by atoms with van der Waals surface area (Å²) in [6, 6.07) is 2.05. The Kier molecular flexibility index (Phi) is 5.02. The largest absolute Gasteiger partial charge is 0.468 e. The third kappa shape index (κ3) is 3.78. The van der Waals surface area contributed by atoms with Gasteiger partial charge in [0.2, 0.25) is 0 Å². The molecular formula is C9H13BrN2O3. The van der Waals surface area contributed by atoms with E-state index in [1.807, 2.05) is 4.90 Å². The normalized spacial score (nSPS) is 24.2. The molecule has 0 N–H and O–H groups in total. The van der Waals surface area contributed by atoms with Crippen molar-refractivity contribution in [2.24, 2.45) is 0 Å². The lowest BCUT2D eigenvalue weighted by Gasteiger charge is -2.30. The van der Waals surface area contributed by atoms with Gasteiger partial charge >= 0.3 is 5.97 Å². The van der Waals surface area contributed by atoms with Crippen molar-refractivity contribution in [3.8, 4) is 6.07 Å². The van der Waals surface area contributed by atoms with Crippen LogP contribution in [0.3, 0.4) is 0 Å². The molecular weight excluding hydrogens is 264 g/mol. The van der Waals surface area contributed by atoms with Gasteiger partial charge in [-0.3, -0.25) is 9.69 Å². The van der Waals surface area contributed by atoms with E-state index in [1.165, 1.54) is 7.11 Å². The molecule has 1 heterocycles. The van der Waals surface area contributed by atoms with Crippen LogP contribution in [0.4, 0.5) is 0 Å². The Balaban J connectivity index is 2.38. The highest BCUT2D eigenvalue weighted by atomic mass is 79.9. The van der Waals surface area contributed by atoms with Gasteiger partial charge in [-0.25, -0.2) is 0 Å². The average Bonchev–Trinajstić information content (AvgIpc) is 2.28. The van der Waals surface area contributed by atoms with E-state index in [-0.39, 0.29) is 10.8 Å². The second-order valence-electron chi connectivity index (χ2n) is 3.24. The Morgan fingerprint density at radius 1 is 1.87 bits per heavy atom. The van der Waals surface area contributed by atoms with Gasteiger partial charge in [-0.2, -0.15) is 5.26 Å². The number of ether oxygens (including phenoxy) is 2. The second-order valence-corrected chi connectivity index (χ2v) is 4.34. The second kappa shape index (κ2) is 6.05. The number of alkyl halides is 1. The van der Waals surface area contributed by atoms with E-state index in [2.05, 4.69) is 26.7 Å². The number of nitrogens with zero attached hydrogens (tertiary/aromatic N) is 2. The molecule has 0 bridgehead atoms. The molecule has 1 aliphatic rings. The van der Waals surface area contributed by atoms with Gasteiger partial charge in [0.05, 0.1) is 19.8 Å². The van der Waals surface area contributed by atoms with Crippen molar-refractivity contribution in [3.05, 3.63) is 0 Å². The molecule has 0 aromatic carbocycles. The van der Waals surface area contributed by atoms with Crippen LogP contribution in [-0.4, -0.2) is 55.2 Å². The smallest absolute Gasteiger partial charge is 0.320 e. The summed E-state index contributed by atoms with van der Waals surface area (Å²) in [5.74, 6) is -0.296. The lowest BCUT2D eigenvalue weighted by molar-refractivity contribution is -0.140. The molecule has 6 heteroatoms. The molecule has 2 atom stereocenters. The number of carbonyl (C=O) groups is 1. The van der Waals surface area contributed by atoms with E-state index in [1.54, 1.807) is 0 Å². The highest BCUT2D eigenvalue weighted by Gasteiger charge is 2.24. The average molecular weight is 277 g/mol. The van der Waals surface area contributed by atoms with Gasteiger partial charge in [0.15, 0.2) is 6.10 Å². The third-order valence-corrected chi connectivity index (χ3v) is 2.83. The summed E-state index contributed by atoms with van der Waals surface area (Å²) in [5, 5.41) is 8.69. The first kappa shape index (κ1) is 12.4. The Morgan fingerprint density at radius 2 is 2.60 bits per heavy atom. The van der Waals surface area contributed by atoms with Gasteiger partial charge in [-0.15, -0.1) is 0 Å². The first-order valence-corrected chi connectivity index (χ1v) is 5.54. The van der Waals surface area contributed by atoms with Gasteiger partial charge in [-0.05, 0) is 0 Å². The number of halogens is 1. The van der Waals surface area contributed by atoms with E-state index in [0.717, 1.165) is 6.54 Å². The van der Waals surface area contributed by atoms with Crippen LogP contribution in [0.5, 0.6) is 0 Å². The number of methoxy groups -OCH3 is 1. The summed E-state index contributed by atoms with van der Waals surface area (Å²) in [5.41, 5.74) is 0. The summed E-state index contributed by atoms with van der Waals surface area (Å²) in [6.45, 7) is 2.33. The molecule has 0 amide bonds. The van der Waals surface area contributed by atoms with Crippen molar-refractivity contribution in [1.82, 2.24) is 4.90 Å². The molecule has 0 spiro atoms. The maximum atomic E-state index is 11.1. The summed E-state index contributed by atoms with van der Waals surface area (Å²) in [7, 11) is 1.36. The quantitative estimate of drug-likeness (QED) is 0.542. The van der Waals surface area contributed by atoms with Crippen LogP contribution in [0.25, 0.3) is 0 Å². The summed E-state index contributed by atoms with van der Waals surface area (Å²) in [6.07, 6.45) is -0.393. The number of rotatable bonds is 3. The Labute approximate surface area is 97.1 Å². The minimum atomic E-state index is -0.393. The monoisotopic (exact) mass is 276 g/mol. The Morgan fingerprint density at radius 3 is 3.20 bits per heavy atom. The zero-order valence-corrected chi connectivity index (χ0v) is 10.1. The number of hydrogen-bond acceptors (Lipinski definition) is 5. The van der Waals surface area contributed by atoms with Crippen LogP contribution in [0.15, 0.2) is 0 Å². The van der Waals surface area contributed by atoms with Crippen LogP contribution in [0, 0.1) is 11.3 Å². The maximum Gasteiger partial charge on any atom is 0.320 e. The Hall–Kier alpha value is -0.640. The van der Waals surface area contributed by atoms with Gasteiger partial charge in [-0.1, -0.05) is 15.9 Å². The molecule has 1 rings (SSSR count). The lowest BCUT2D eigenvalue weighted by atomic mass is 10.2. The molecule has 0 radical (unpaired) electrons. The fraction of sp³-hybridized carbons (Fsp3) is 0.778. The molecule has 0 saturated carbocycles.